The van der Waals surface area contributed by atoms with E-state index in [1.54, 1.807) is 6.08 Å². The van der Waals surface area contributed by atoms with E-state index >= 15 is 0 Å². The molecule has 0 spiro atoms. The van der Waals surface area contributed by atoms with Crippen molar-refractivity contribution in [3.63, 3.8) is 0 Å². The van der Waals surface area contributed by atoms with Crippen LogP contribution in [0.15, 0.2) is 23.4 Å². The Bertz CT molecular complexity index is 240. The predicted molar refractivity (Wildman–Crippen MR) is 43.7 cm³/mol. The van der Waals surface area contributed by atoms with Gasteiger partial charge in [-0.3, -0.25) is 4.79 Å². The van der Waals surface area contributed by atoms with Crippen LogP contribution in [0.4, 0.5) is 0 Å². The number of amides is 1. The van der Waals surface area contributed by atoms with Crippen LogP contribution in [0.1, 0.15) is 6.92 Å². The molecule has 1 rings (SSSR count). The van der Waals surface area contributed by atoms with Gasteiger partial charge in [-0.05, 0) is 13.0 Å². The van der Waals surface area contributed by atoms with E-state index in [2.05, 4.69) is 0 Å². The molecule has 0 aliphatic carbocycles. The quantitative estimate of drug-likeness (QED) is 0.585. The van der Waals surface area contributed by atoms with E-state index < -0.39 is 0 Å². The number of hydrogen-bond donors (Lipinski definition) is 1. The minimum Gasteiger partial charge on any atom is -0.366 e. The smallest absolute Gasteiger partial charge is 0.264 e. The van der Waals surface area contributed by atoms with Crippen molar-refractivity contribution in [3.8, 4) is 0 Å². The Labute approximate surface area is 66.2 Å². The van der Waals surface area contributed by atoms with Crippen LogP contribution >= 0.6 is 0 Å². The van der Waals surface area contributed by atoms with Crippen LogP contribution in [0.5, 0.6) is 0 Å². The summed E-state index contributed by atoms with van der Waals surface area (Å²) in [6, 6.07) is 0. The number of nitrogens with two attached hydrogens (primary N) is 1. The molecule has 0 aromatic heterocycles. The van der Waals surface area contributed by atoms with Gasteiger partial charge in [0.2, 0.25) is 0 Å². The summed E-state index contributed by atoms with van der Waals surface area (Å²) >= 11 is 0. The molecule has 11 heavy (non-hydrogen) atoms. The Hall–Kier alpha value is -1.25. The molecule has 1 aliphatic heterocycles. The summed E-state index contributed by atoms with van der Waals surface area (Å²) < 4.78 is 0. The van der Waals surface area contributed by atoms with Gasteiger partial charge in [0.15, 0.2) is 0 Å². The van der Waals surface area contributed by atoms with Gasteiger partial charge < -0.3 is 10.6 Å². The first-order valence-corrected chi connectivity index (χ1v) is 3.50. The molecule has 1 heterocycles. The van der Waals surface area contributed by atoms with Crippen LogP contribution < -0.4 is 5.73 Å². The average molecular weight is 152 g/mol. The molecule has 0 saturated carbocycles. The zero-order chi connectivity index (χ0) is 8.43. The second-order valence-corrected chi connectivity index (χ2v) is 2.72. The van der Waals surface area contributed by atoms with Gasteiger partial charge in [-0.25, -0.2) is 0 Å². The topological polar surface area (TPSA) is 46.3 Å². The Kier molecular flexibility index (Phi) is 1.98. The molecule has 3 nitrogen and oxygen atoms in total. The van der Waals surface area contributed by atoms with Gasteiger partial charge in [-0.15, -0.1) is 0 Å². The fraction of sp³-hybridized carbons (Fsp3) is 0.375. The summed E-state index contributed by atoms with van der Waals surface area (Å²) in [5.41, 5.74) is 6.83. The molecule has 0 atom stereocenters. The van der Waals surface area contributed by atoms with Gasteiger partial charge >= 0.3 is 0 Å². The lowest BCUT2D eigenvalue weighted by Gasteiger charge is -2.22. The number of nitrogens with zero attached hydrogens (tertiary/aromatic N) is 1. The van der Waals surface area contributed by atoms with Crippen LogP contribution in [0.3, 0.4) is 0 Å². The number of primary amides is 1. The molecule has 1 aliphatic rings. The zero-order valence-corrected chi connectivity index (χ0v) is 6.79. The third-order valence-corrected chi connectivity index (χ3v) is 1.72. The summed E-state index contributed by atoms with van der Waals surface area (Å²) in [6.45, 7) is 2.72. The van der Waals surface area contributed by atoms with Gasteiger partial charge in [-0.1, -0.05) is 11.6 Å². The highest BCUT2D eigenvalue weighted by molar-refractivity contribution is 5.92. The van der Waals surface area contributed by atoms with E-state index in [0.29, 0.717) is 5.70 Å². The SMILES string of the molecule is CC1=CCN(C)C(C(N)=O)=C1. The maximum absolute atomic E-state index is 10.8. The van der Waals surface area contributed by atoms with Crippen molar-refractivity contribution in [1.29, 1.82) is 0 Å². The molecule has 0 saturated heterocycles. The summed E-state index contributed by atoms with van der Waals surface area (Å²) in [6.07, 6.45) is 3.85. The van der Waals surface area contributed by atoms with Crippen molar-refractivity contribution in [2.45, 2.75) is 6.92 Å². The molecule has 1 amide bonds. The first-order valence-electron chi connectivity index (χ1n) is 3.50. The molecular formula is C8H12N2O. The number of rotatable bonds is 1. The number of carbonyl (C=O) groups is 1. The highest BCUT2D eigenvalue weighted by Gasteiger charge is 2.12. The van der Waals surface area contributed by atoms with Crippen molar-refractivity contribution in [3.05, 3.63) is 23.4 Å². The third kappa shape index (κ3) is 1.61. The summed E-state index contributed by atoms with van der Waals surface area (Å²) in [4.78, 5) is 12.6. The van der Waals surface area contributed by atoms with Crippen molar-refractivity contribution >= 4 is 5.91 Å². The largest absolute Gasteiger partial charge is 0.366 e. The van der Waals surface area contributed by atoms with Gasteiger partial charge in [0.1, 0.15) is 5.70 Å². The number of likely N-dealkylation sites (N-methyl/N-ethyl adjacent to an activating group) is 1. The van der Waals surface area contributed by atoms with E-state index in [9.17, 15) is 4.79 Å². The first-order chi connectivity index (χ1) is 5.11. The number of hydrogen-bond acceptors (Lipinski definition) is 2. The van der Waals surface area contributed by atoms with Crippen LogP contribution in [0.2, 0.25) is 0 Å². The molecule has 0 aromatic rings. The van der Waals surface area contributed by atoms with Gasteiger partial charge in [0.05, 0.1) is 0 Å². The molecule has 60 valence electrons. The molecule has 0 unspecified atom stereocenters. The lowest BCUT2D eigenvalue weighted by molar-refractivity contribution is -0.115. The van der Waals surface area contributed by atoms with Crippen molar-refractivity contribution < 1.29 is 4.79 Å². The second kappa shape index (κ2) is 2.78. The number of carbonyl (C=O) groups excluding carboxylic acids is 1. The van der Waals surface area contributed by atoms with E-state index in [4.69, 9.17) is 5.73 Å². The predicted octanol–water partition coefficient (Wildman–Crippen LogP) is 0.247. The molecular weight excluding hydrogens is 140 g/mol. The highest BCUT2D eigenvalue weighted by Crippen LogP contribution is 2.11. The van der Waals surface area contributed by atoms with Crippen LogP contribution in [-0.2, 0) is 4.79 Å². The van der Waals surface area contributed by atoms with Crippen LogP contribution in [0, 0.1) is 0 Å². The lowest BCUT2D eigenvalue weighted by atomic mass is 10.1. The monoisotopic (exact) mass is 152 g/mol. The van der Waals surface area contributed by atoms with Crippen molar-refractivity contribution in [1.82, 2.24) is 4.90 Å². The fourth-order valence-corrected chi connectivity index (χ4v) is 1.02. The van der Waals surface area contributed by atoms with Gasteiger partial charge in [-0.2, -0.15) is 0 Å². The fourth-order valence-electron chi connectivity index (χ4n) is 1.02. The molecule has 0 radical (unpaired) electrons. The van der Waals surface area contributed by atoms with Crippen LogP contribution in [0.25, 0.3) is 0 Å². The first kappa shape index (κ1) is 7.85. The summed E-state index contributed by atoms with van der Waals surface area (Å²) in [7, 11) is 1.85. The minimum atomic E-state index is -0.361. The Morgan fingerprint density at radius 2 is 2.36 bits per heavy atom. The maximum atomic E-state index is 10.8. The molecule has 2 N–H and O–H groups in total. The Morgan fingerprint density at radius 3 is 2.82 bits per heavy atom. The van der Waals surface area contributed by atoms with Crippen molar-refractivity contribution in [2.24, 2.45) is 5.73 Å². The lowest BCUT2D eigenvalue weighted by Crippen LogP contribution is -2.30. The maximum Gasteiger partial charge on any atom is 0.264 e. The highest BCUT2D eigenvalue weighted by atomic mass is 16.1. The van der Waals surface area contributed by atoms with Crippen molar-refractivity contribution in [2.75, 3.05) is 13.6 Å². The Balaban J connectivity index is 2.90. The Morgan fingerprint density at radius 1 is 1.73 bits per heavy atom. The van der Waals surface area contributed by atoms with Gasteiger partial charge in [0.25, 0.3) is 5.91 Å². The average Bonchev–Trinajstić information content (AvgIpc) is 1.94. The van der Waals surface area contributed by atoms with E-state index in [1.807, 2.05) is 24.9 Å². The molecule has 0 aromatic carbocycles. The normalized spacial score (nSPS) is 17.5. The standard InChI is InChI=1S/C8H12N2O/c1-6-3-4-10(2)7(5-6)8(9)11/h3,5H,4H2,1-2H3,(H2,9,11). The van der Waals surface area contributed by atoms with E-state index in [0.717, 1.165) is 12.1 Å². The summed E-state index contributed by atoms with van der Waals surface area (Å²) in [5.74, 6) is -0.361. The van der Waals surface area contributed by atoms with E-state index in [-0.39, 0.29) is 5.91 Å². The summed E-state index contributed by atoms with van der Waals surface area (Å²) in [5, 5.41) is 0. The zero-order valence-electron chi connectivity index (χ0n) is 6.79. The van der Waals surface area contributed by atoms with Crippen LogP contribution in [-0.4, -0.2) is 24.4 Å². The third-order valence-electron chi connectivity index (χ3n) is 1.72. The van der Waals surface area contributed by atoms with Gasteiger partial charge in [0, 0.05) is 13.6 Å². The van der Waals surface area contributed by atoms with E-state index in [1.165, 1.54) is 0 Å². The number of allylic oxidation sites excluding steroid dienone is 2. The minimum absolute atomic E-state index is 0.361. The molecule has 0 bridgehead atoms. The molecule has 3 heteroatoms. The second-order valence-electron chi connectivity index (χ2n) is 2.72. The molecule has 0 fully saturated rings.